The molecule has 1 saturated heterocycles. The van der Waals surface area contributed by atoms with Gasteiger partial charge in [0.25, 0.3) is 5.91 Å². The van der Waals surface area contributed by atoms with Gasteiger partial charge in [-0.25, -0.2) is 0 Å². The monoisotopic (exact) mass is 262 g/mol. The third-order valence-electron chi connectivity index (χ3n) is 3.13. The SMILES string of the molecule is CC1(C)CN(c2ccc(C(=O)NCC(=O)O)cc2)C1. The zero-order valence-electron chi connectivity index (χ0n) is 11.1. The van der Waals surface area contributed by atoms with Gasteiger partial charge in [0.15, 0.2) is 0 Å². The molecule has 0 spiro atoms. The van der Waals surface area contributed by atoms with Crippen molar-refractivity contribution in [3.63, 3.8) is 0 Å². The van der Waals surface area contributed by atoms with E-state index in [1.165, 1.54) is 0 Å². The van der Waals surface area contributed by atoms with E-state index >= 15 is 0 Å². The lowest BCUT2D eigenvalue weighted by atomic mass is 9.84. The van der Waals surface area contributed by atoms with Crippen LogP contribution in [0.15, 0.2) is 24.3 Å². The maximum atomic E-state index is 11.6. The van der Waals surface area contributed by atoms with Gasteiger partial charge in [0.1, 0.15) is 6.54 Å². The van der Waals surface area contributed by atoms with Gasteiger partial charge in [-0.15, -0.1) is 0 Å². The number of carboxylic acid groups (broad SMARTS) is 1. The summed E-state index contributed by atoms with van der Waals surface area (Å²) in [5.41, 5.74) is 1.93. The Bertz CT molecular complexity index is 486. The Hall–Kier alpha value is -2.04. The Labute approximate surface area is 112 Å². The fourth-order valence-electron chi connectivity index (χ4n) is 2.25. The van der Waals surface area contributed by atoms with Crippen LogP contribution in [-0.2, 0) is 4.79 Å². The minimum absolute atomic E-state index is 0.359. The van der Waals surface area contributed by atoms with Gasteiger partial charge in [0.05, 0.1) is 0 Å². The fraction of sp³-hybridized carbons (Fsp3) is 0.429. The molecule has 1 fully saturated rings. The summed E-state index contributed by atoms with van der Waals surface area (Å²) in [6.07, 6.45) is 0. The summed E-state index contributed by atoms with van der Waals surface area (Å²) >= 11 is 0. The Kier molecular flexibility index (Phi) is 3.46. The van der Waals surface area contributed by atoms with Crippen LogP contribution in [0.2, 0.25) is 0 Å². The summed E-state index contributed by atoms with van der Waals surface area (Å²) in [6.45, 7) is 6.10. The normalized spacial score (nSPS) is 16.6. The molecule has 0 aromatic heterocycles. The molecule has 0 aliphatic carbocycles. The van der Waals surface area contributed by atoms with Gasteiger partial charge in [0.2, 0.25) is 0 Å². The Morgan fingerprint density at radius 2 is 1.84 bits per heavy atom. The van der Waals surface area contributed by atoms with E-state index in [0.717, 1.165) is 18.8 Å². The van der Waals surface area contributed by atoms with Crippen LogP contribution in [0.1, 0.15) is 24.2 Å². The molecule has 0 bridgehead atoms. The van der Waals surface area contributed by atoms with Crippen LogP contribution in [-0.4, -0.2) is 36.6 Å². The summed E-state index contributed by atoms with van der Waals surface area (Å²) in [6, 6.07) is 7.23. The van der Waals surface area contributed by atoms with Crippen molar-refractivity contribution in [2.24, 2.45) is 5.41 Å². The molecule has 5 nitrogen and oxygen atoms in total. The highest BCUT2D eigenvalue weighted by Gasteiger charge is 2.33. The number of carbonyl (C=O) groups excluding carboxylic acids is 1. The molecular weight excluding hydrogens is 244 g/mol. The van der Waals surface area contributed by atoms with E-state index < -0.39 is 5.97 Å². The van der Waals surface area contributed by atoms with Crippen molar-refractivity contribution in [1.29, 1.82) is 0 Å². The Balaban J connectivity index is 1.95. The summed E-state index contributed by atoms with van der Waals surface area (Å²) in [5.74, 6) is -1.41. The maximum Gasteiger partial charge on any atom is 0.322 e. The summed E-state index contributed by atoms with van der Waals surface area (Å²) in [7, 11) is 0. The van der Waals surface area contributed by atoms with Gasteiger partial charge in [-0.2, -0.15) is 0 Å². The van der Waals surface area contributed by atoms with Crippen LogP contribution < -0.4 is 10.2 Å². The van der Waals surface area contributed by atoms with E-state index in [1.807, 2.05) is 12.1 Å². The van der Waals surface area contributed by atoms with E-state index in [-0.39, 0.29) is 12.5 Å². The molecule has 1 aliphatic rings. The molecule has 0 unspecified atom stereocenters. The minimum Gasteiger partial charge on any atom is -0.480 e. The van der Waals surface area contributed by atoms with E-state index in [1.54, 1.807) is 12.1 Å². The molecule has 1 aromatic carbocycles. The predicted octanol–water partition coefficient (Wildman–Crippen LogP) is 1.35. The Morgan fingerprint density at radius 1 is 1.26 bits per heavy atom. The molecule has 19 heavy (non-hydrogen) atoms. The van der Waals surface area contributed by atoms with Gasteiger partial charge in [-0.05, 0) is 29.7 Å². The molecule has 1 heterocycles. The number of nitrogens with one attached hydrogen (secondary N) is 1. The third-order valence-corrected chi connectivity index (χ3v) is 3.13. The number of hydrogen-bond donors (Lipinski definition) is 2. The molecule has 1 amide bonds. The first kappa shape index (κ1) is 13.4. The highest BCUT2D eigenvalue weighted by Crippen LogP contribution is 2.33. The Morgan fingerprint density at radius 3 is 2.32 bits per heavy atom. The lowest BCUT2D eigenvalue weighted by Gasteiger charge is -2.47. The quantitative estimate of drug-likeness (QED) is 0.859. The van der Waals surface area contributed by atoms with Crippen molar-refractivity contribution in [2.75, 3.05) is 24.5 Å². The number of nitrogens with zero attached hydrogens (tertiary/aromatic N) is 1. The number of rotatable bonds is 4. The molecule has 2 N–H and O–H groups in total. The van der Waals surface area contributed by atoms with E-state index in [0.29, 0.717) is 11.0 Å². The first-order chi connectivity index (χ1) is 8.87. The van der Waals surface area contributed by atoms with E-state index in [9.17, 15) is 9.59 Å². The topological polar surface area (TPSA) is 69.6 Å². The standard InChI is InChI=1S/C14H18N2O3/c1-14(2)8-16(9-14)11-5-3-10(4-6-11)13(19)15-7-12(17)18/h3-6H,7-9H2,1-2H3,(H,15,19)(H,17,18). The largest absolute Gasteiger partial charge is 0.480 e. The van der Waals surface area contributed by atoms with Crippen molar-refractivity contribution in [3.8, 4) is 0 Å². The van der Waals surface area contributed by atoms with Crippen LogP contribution in [0, 0.1) is 5.41 Å². The second kappa shape index (κ2) is 4.91. The molecule has 0 saturated carbocycles. The highest BCUT2D eigenvalue weighted by molar-refractivity contribution is 5.96. The molecule has 2 rings (SSSR count). The van der Waals surface area contributed by atoms with Crippen LogP contribution in [0.25, 0.3) is 0 Å². The number of anilines is 1. The number of amides is 1. The van der Waals surface area contributed by atoms with Gasteiger partial charge in [-0.1, -0.05) is 13.8 Å². The highest BCUT2D eigenvalue weighted by atomic mass is 16.4. The van der Waals surface area contributed by atoms with Crippen molar-refractivity contribution in [3.05, 3.63) is 29.8 Å². The molecule has 5 heteroatoms. The van der Waals surface area contributed by atoms with Crippen molar-refractivity contribution < 1.29 is 14.7 Å². The zero-order chi connectivity index (χ0) is 14.0. The van der Waals surface area contributed by atoms with Gasteiger partial charge < -0.3 is 15.3 Å². The van der Waals surface area contributed by atoms with Gasteiger partial charge in [0, 0.05) is 24.3 Å². The molecule has 102 valence electrons. The molecule has 0 atom stereocenters. The zero-order valence-corrected chi connectivity index (χ0v) is 11.1. The molecule has 1 aromatic rings. The van der Waals surface area contributed by atoms with Gasteiger partial charge in [-0.3, -0.25) is 9.59 Å². The molecular formula is C14H18N2O3. The average molecular weight is 262 g/mol. The van der Waals surface area contributed by atoms with E-state index in [4.69, 9.17) is 5.11 Å². The van der Waals surface area contributed by atoms with Crippen LogP contribution in [0.4, 0.5) is 5.69 Å². The summed E-state index contributed by atoms with van der Waals surface area (Å²) in [4.78, 5) is 24.2. The maximum absolute atomic E-state index is 11.6. The number of hydrogen-bond acceptors (Lipinski definition) is 3. The van der Waals surface area contributed by atoms with E-state index in [2.05, 4.69) is 24.1 Å². The lowest BCUT2D eigenvalue weighted by Crippen LogP contribution is -2.53. The molecule has 0 radical (unpaired) electrons. The average Bonchev–Trinajstić information content (AvgIpc) is 2.33. The van der Waals surface area contributed by atoms with Crippen molar-refractivity contribution in [1.82, 2.24) is 5.32 Å². The summed E-state index contributed by atoms with van der Waals surface area (Å²) < 4.78 is 0. The molecule has 1 aliphatic heterocycles. The summed E-state index contributed by atoms with van der Waals surface area (Å²) in [5, 5.41) is 10.8. The first-order valence-electron chi connectivity index (χ1n) is 6.22. The number of aliphatic carboxylic acids is 1. The first-order valence-corrected chi connectivity index (χ1v) is 6.22. The third kappa shape index (κ3) is 3.24. The second-order valence-electron chi connectivity index (χ2n) is 5.64. The second-order valence-corrected chi connectivity index (χ2v) is 5.64. The van der Waals surface area contributed by atoms with Crippen LogP contribution in [0.3, 0.4) is 0 Å². The van der Waals surface area contributed by atoms with Gasteiger partial charge >= 0.3 is 5.97 Å². The van der Waals surface area contributed by atoms with Crippen molar-refractivity contribution >= 4 is 17.6 Å². The number of benzene rings is 1. The number of carboxylic acids is 1. The van der Waals surface area contributed by atoms with Crippen LogP contribution in [0.5, 0.6) is 0 Å². The van der Waals surface area contributed by atoms with Crippen LogP contribution >= 0.6 is 0 Å². The minimum atomic E-state index is -1.05. The predicted molar refractivity (Wildman–Crippen MR) is 72.4 cm³/mol. The fourth-order valence-corrected chi connectivity index (χ4v) is 2.25. The number of carbonyl (C=O) groups is 2. The van der Waals surface area contributed by atoms with Crippen molar-refractivity contribution in [2.45, 2.75) is 13.8 Å². The lowest BCUT2D eigenvalue weighted by molar-refractivity contribution is -0.135. The smallest absolute Gasteiger partial charge is 0.322 e.